The summed E-state index contributed by atoms with van der Waals surface area (Å²) in [4.78, 5) is 27.4. The Bertz CT molecular complexity index is 1960. The Labute approximate surface area is 250 Å². The Kier molecular flexibility index (Phi) is 8.88. The molecule has 0 amide bonds. The fourth-order valence-corrected chi connectivity index (χ4v) is 4.63. The number of rotatable bonds is 0. The number of para-hydroxylation sites is 2. The van der Waals surface area contributed by atoms with Crippen LogP contribution >= 0.6 is 19.4 Å². The molecule has 0 unspecified atom stereocenters. The van der Waals surface area contributed by atoms with Crippen molar-refractivity contribution < 1.29 is 27.6 Å². The first-order valence-corrected chi connectivity index (χ1v) is 16.1. The molecule has 0 N–H and O–H groups in total. The van der Waals surface area contributed by atoms with Gasteiger partial charge in [0.1, 0.15) is 0 Å². The number of nitrogens with zero attached hydrogens (tertiary/aromatic N) is 6. The van der Waals surface area contributed by atoms with Crippen molar-refractivity contribution in [2.24, 2.45) is 0 Å². The maximum absolute atomic E-state index is 4.83. The topological polar surface area (TPSA) is 77.3 Å². The number of pyridine rings is 4. The Hall–Kier alpha value is -3.61. The van der Waals surface area contributed by atoms with Crippen molar-refractivity contribution in [3.05, 3.63) is 110 Å². The molecule has 3 aromatic carbocycles. The first kappa shape index (κ1) is 27.9. The Morgan fingerprint density at radius 3 is 1.23 bits per heavy atom. The first-order valence-electron chi connectivity index (χ1n) is 11.9. The summed E-state index contributed by atoms with van der Waals surface area (Å²) >= 11 is -0.226. The largest absolute Gasteiger partial charge is 0.254 e. The van der Waals surface area contributed by atoms with Crippen molar-refractivity contribution in [1.82, 2.24) is 29.9 Å². The Morgan fingerprint density at radius 1 is 0.425 bits per heavy atom. The summed E-state index contributed by atoms with van der Waals surface area (Å²) in [5, 5.41) is 4.25. The molecule has 0 fully saturated rings. The summed E-state index contributed by atoms with van der Waals surface area (Å²) in [6, 6.07) is 28.0. The van der Waals surface area contributed by atoms with Crippen molar-refractivity contribution in [2.45, 2.75) is 0 Å². The van der Waals surface area contributed by atoms with E-state index in [9.17, 15) is 0 Å². The molecule has 10 heteroatoms. The van der Waals surface area contributed by atoms with Gasteiger partial charge >= 0.3 is 34.5 Å². The minimum Gasteiger partial charge on any atom is -0.254 e. The summed E-state index contributed by atoms with van der Waals surface area (Å²) in [7, 11) is 9.67. The van der Waals surface area contributed by atoms with Crippen LogP contribution in [-0.2, 0) is 15.1 Å². The molecule has 5 aromatic heterocycles. The van der Waals surface area contributed by atoms with E-state index in [1.165, 1.54) is 0 Å². The van der Waals surface area contributed by atoms with Crippen LogP contribution in [0.1, 0.15) is 0 Å². The number of aromatic nitrogens is 6. The monoisotopic (exact) mass is 670 g/mol. The third-order valence-corrected chi connectivity index (χ3v) is 6.27. The average molecular weight is 672 g/mol. The van der Waals surface area contributed by atoms with Gasteiger partial charge in [0.15, 0.2) is 0 Å². The van der Waals surface area contributed by atoms with Gasteiger partial charge in [-0.3, -0.25) is 19.9 Å². The normalized spacial score (nSPS) is 10.8. The van der Waals surface area contributed by atoms with Crippen molar-refractivity contribution in [2.75, 3.05) is 0 Å². The molecule has 0 aliphatic carbocycles. The van der Waals surface area contributed by atoms with Crippen LogP contribution < -0.4 is 12.4 Å². The second kappa shape index (κ2) is 12.7. The van der Waals surface area contributed by atoms with Crippen LogP contribution in [-0.4, -0.2) is 29.9 Å². The summed E-state index contributed by atoms with van der Waals surface area (Å²) in [6.07, 6.45) is 7.18. The number of hydrogen-bond acceptors (Lipinski definition) is 6. The maximum atomic E-state index is 4.83. The van der Waals surface area contributed by atoms with Crippen molar-refractivity contribution in [3.8, 4) is 0 Å². The van der Waals surface area contributed by atoms with Crippen LogP contribution in [0.4, 0.5) is 0 Å². The van der Waals surface area contributed by atoms with Gasteiger partial charge in [-0.05, 0) is 48.5 Å². The minimum absolute atomic E-state index is 0. The van der Waals surface area contributed by atoms with Crippen molar-refractivity contribution in [1.29, 1.82) is 0 Å². The summed E-state index contributed by atoms with van der Waals surface area (Å²) in [6.45, 7) is 0. The van der Waals surface area contributed by atoms with E-state index in [1.807, 2.05) is 60.7 Å². The molecular weight excluding hydrogens is 654 g/mol. The smallest absolute Gasteiger partial charge is 0.0996 e. The van der Waals surface area contributed by atoms with Gasteiger partial charge in [0.05, 0.1) is 44.1 Å². The quantitative estimate of drug-likeness (QED) is 0.128. The van der Waals surface area contributed by atoms with Crippen LogP contribution in [0, 0.1) is 0 Å². The molecule has 199 valence electrons. The van der Waals surface area contributed by atoms with Crippen LogP contribution in [0.5, 0.6) is 0 Å². The van der Waals surface area contributed by atoms with E-state index in [0.717, 1.165) is 65.7 Å². The van der Waals surface area contributed by atoms with Crippen LogP contribution in [0.15, 0.2) is 110 Å². The van der Waals surface area contributed by atoms with E-state index in [2.05, 4.69) is 44.2 Å². The van der Waals surface area contributed by atoms with Gasteiger partial charge in [-0.2, -0.15) is 0 Å². The summed E-state index contributed by atoms with van der Waals surface area (Å²) < 4.78 is 0. The third kappa shape index (κ3) is 5.38. The van der Waals surface area contributed by atoms with Crippen LogP contribution in [0.25, 0.3) is 65.7 Å². The molecule has 0 spiro atoms. The van der Waals surface area contributed by atoms with Crippen LogP contribution in [0.3, 0.4) is 0 Å². The predicted molar refractivity (Wildman–Crippen MR) is 156 cm³/mol. The molecule has 0 saturated carbocycles. The SMILES string of the molecule is [Cl-].[Cl][Rh][Cl].c1ccc2nc3c4cccnc4c4ncccc4c3nc2c1.c1cnc2c(c1)ccc1cccnc12. The zero-order valence-corrected chi connectivity index (χ0v) is 24.4. The molecule has 0 radical (unpaired) electrons. The standard InChI is InChI=1S/C18H10N4.C12H8N2.3ClH.Rh/c1-2-8-14-13(7-1)21-17-11-5-3-9-19-15(11)16-12(18(17)22-14)6-4-10-20-16;1-3-9-5-6-10-4-2-8-14-12(10)11(9)13-7-1;;;;/h1-10H;1-8H;3*1H;/q;;;;;+2/p-3. The second-order valence-corrected chi connectivity index (χ2v) is 11.0. The molecule has 6 nitrogen and oxygen atoms in total. The van der Waals surface area contributed by atoms with Crippen molar-refractivity contribution in [3.63, 3.8) is 0 Å². The molecule has 0 aliphatic rings. The van der Waals surface area contributed by atoms with Gasteiger partial charge in [-0.1, -0.05) is 36.4 Å². The first-order chi connectivity index (χ1) is 19.3. The fourth-order valence-electron chi connectivity index (χ4n) is 4.63. The van der Waals surface area contributed by atoms with E-state index in [-0.39, 0.29) is 27.6 Å². The average Bonchev–Trinajstić information content (AvgIpc) is 3.01. The summed E-state index contributed by atoms with van der Waals surface area (Å²) in [5.41, 5.74) is 7.23. The van der Waals surface area contributed by atoms with E-state index in [0.29, 0.717) is 0 Å². The van der Waals surface area contributed by atoms with Gasteiger partial charge in [-0.15, -0.1) is 0 Å². The van der Waals surface area contributed by atoms with Gasteiger partial charge in [0.2, 0.25) is 0 Å². The van der Waals surface area contributed by atoms with Crippen molar-refractivity contribution >= 4 is 85.1 Å². The van der Waals surface area contributed by atoms with Gasteiger partial charge in [-0.25, -0.2) is 9.97 Å². The fraction of sp³-hybridized carbons (Fsp3) is 0. The molecule has 8 rings (SSSR count). The van der Waals surface area contributed by atoms with Gasteiger partial charge < -0.3 is 12.4 Å². The number of halogens is 3. The molecule has 5 heterocycles. The van der Waals surface area contributed by atoms with E-state index < -0.39 is 0 Å². The van der Waals surface area contributed by atoms with Gasteiger partial charge in [0.25, 0.3) is 0 Å². The van der Waals surface area contributed by atoms with E-state index in [4.69, 9.17) is 29.4 Å². The number of benzene rings is 3. The molecule has 0 saturated heterocycles. The van der Waals surface area contributed by atoms with Crippen LogP contribution in [0.2, 0.25) is 0 Å². The molecule has 0 bridgehead atoms. The zero-order valence-electron chi connectivity index (χ0n) is 20.5. The molecule has 0 atom stereocenters. The number of hydrogen-bond donors (Lipinski definition) is 0. The molecule has 0 aliphatic heterocycles. The third-order valence-electron chi connectivity index (χ3n) is 6.27. The molecular formula is C30H18Cl3N6Rh-. The summed E-state index contributed by atoms with van der Waals surface area (Å²) in [5.74, 6) is 0. The van der Waals surface area contributed by atoms with E-state index >= 15 is 0 Å². The van der Waals surface area contributed by atoms with Gasteiger partial charge in [0, 0.05) is 46.3 Å². The molecule has 40 heavy (non-hydrogen) atoms. The maximum Gasteiger partial charge on any atom is 0.0996 e. The Morgan fingerprint density at radius 2 is 0.800 bits per heavy atom. The zero-order chi connectivity index (χ0) is 26.6. The minimum atomic E-state index is -0.226. The molecule has 8 aromatic rings. The Balaban J connectivity index is 0.000000155. The van der Waals surface area contributed by atoms with E-state index in [1.54, 1.807) is 24.8 Å². The number of fused-ring (bicyclic) bond motifs is 10. The predicted octanol–water partition coefficient (Wildman–Crippen LogP) is 5.04. The second-order valence-electron chi connectivity index (χ2n) is 8.47.